The highest BCUT2D eigenvalue weighted by Gasteiger charge is 2.19. The summed E-state index contributed by atoms with van der Waals surface area (Å²) in [7, 11) is 1.32. The number of hydrogen-bond donors (Lipinski definition) is 2. The molecule has 1 atom stereocenters. The van der Waals surface area contributed by atoms with Crippen molar-refractivity contribution in [3.05, 3.63) is 10.6 Å². The average molecular weight is 299 g/mol. The van der Waals surface area contributed by atoms with Gasteiger partial charge in [-0.05, 0) is 19.8 Å². The second kappa shape index (κ2) is 7.23. The Hall–Kier alpha value is -1.63. The van der Waals surface area contributed by atoms with Crippen LogP contribution in [-0.4, -0.2) is 36.6 Å². The molecule has 0 aliphatic heterocycles. The van der Waals surface area contributed by atoms with E-state index in [0.717, 1.165) is 4.88 Å². The van der Waals surface area contributed by atoms with E-state index < -0.39 is 12.0 Å². The van der Waals surface area contributed by atoms with Crippen molar-refractivity contribution in [3.8, 4) is 0 Å². The van der Waals surface area contributed by atoms with Crippen LogP contribution in [0.5, 0.6) is 0 Å². The maximum Gasteiger partial charge on any atom is 0.357 e. The van der Waals surface area contributed by atoms with Crippen LogP contribution in [0.4, 0.5) is 5.13 Å². The molecule has 0 aromatic carbocycles. The van der Waals surface area contributed by atoms with Crippen LogP contribution in [-0.2, 0) is 9.53 Å². The molecule has 0 aliphatic carbocycles. The van der Waals surface area contributed by atoms with Crippen LogP contribution >= 0.6 is 11.3 Å². The summed E-state index contributed by atoms with van der Waals surface area (Å²) >= 11 is 1.33. The number of anilines is 1. The average Bonchev–Trinajstić information content (AvgIpc) is 2.75. The number of aryl methyl sites for hydroxylation is 1. The van der Waals surface area contributed by atoms with Crippen molar-refractivity contribution in [1.29, 1.82) is 0 Å². The van der Waals surface area contributed by atoms with Crippen LogP contribution in [0, 0.1) is 12.8 Å². The van der Waals surface area contributed by atoms with Gasteiger partial charge in [-0.25, -0.2) is 9.78 Å². The molecule has 6 nitrogen and oxygen atoms in total. The van der Waals surface area contributed by atoms with Gasteiger partial charge in [0.2, 0.25) is 5.91 Å². The van der Waals surface area contributed by atoms with E-state index in [1.807, 2.05) is 13.8 Å². The van der Waals surface area contributed by atoms with E-state index in [1.54, 1.807) is 13.8 Å². The van der Waals surface area contributed by atoms with Gasteiger partial charge in [-0.3, -0.25) is 4.79 Å². The topological polar surface area (TPSA) is 80.3 Å². The molecule has 1 amide bonds. The fourth-order valence-electron chi connectivity index (χ4n) is 1.45. The third-order valence-corrected chi connectivity index (χ3v) is 3.50. The van der Waals surface area contributed by atoms with Crippen molar-refractivity contribution in [2.75, 3.05) is 19.0 Å². The number of carbonyl (C=O) groups is 2. The quantitative estimate of drug-likeness (QED) is 0.783. The standard InChI is InChI=1S/C13H21N3O3S/c1-7(2)6-14-11(17)8(3)15-13-16-10(9(4)20-13)12(18)19-5/h7-8H,6H2,1-5H3,(H,14,17)(H,15,16). The fraction of sp³-hybridized carbons (Fsp3) is 0.615. The van der Waals surface area contributed by atoms with Crippen LogP contribution in [0.3, 0.4) is 0 Å². The van der Waals surface area contributed by atoms with Gasteiger partial charge in [0.1, 0.15) is 6.04 Å². The first-order valence-corrected chi connectivity index (χ1v) is 7.26. The van der Waals surface area contributed by atoms with Crippen LogP contribution in [0.15, 0.2) is 0 Å². The van der Waals surface area contributed by atoms with E-state index in [9.17, 15) is 9.59 Å². The molecule has 1 aromatic heterocycles. The highest BCUT2D eigenvalue weighted by molar-refractivity contribution is 7.15. The van der Waals surface area contributed by atoms with Crippen molar-refractivity contribution in [3.63, 3.8) is 0 Å². The molecular formula is C13H21N3O3S. The number of nitrogens with one attached hydrogen (secondary N) is 2. The number of esters is 1. The Kier molecular flexibility index (Phi) is 5.94. The van der Waals surface area contributed by atoms with E-state index in [1.165, 1.54) is 18.4 Å². The summed E-state index contributed by atoms with van der Waals surface area (Å²) in [5, 5.41) is 6.37. The molecule has 0 bridgehead atoms. The molecule has 0 fully saturated rings. The van der Waals surface area contributed by atoms with Gasteiger partial charge in [0.25, 0.3) is 0 Å². The summed E-state index contributed by atoms with van der Waals surface area (Å²) in [5.74, 6) is -0.158. The van der Waals surface area contributed by atoms with Crippen molar-refractivity contribution < 1.29 is 14.3 Å². The minimum absolute atomic E-state index is 0.0915. The molecular weight excluding hydrogens is 278 g/mol. The first-order chi connectivity index (χ1) is 9.35. The van der Waals surface area contributed by atoms with Gasteiger partial charge < -0.3 is 15.4 Å². The van der Waals surface area contributed by atoms with E-state index in [4.69, 9.17) is 0 Å². The minimum Gasteiger partial charge on any atom is -0.464 e. The van der Waals surface area contributed by atoms with Crippen LogP contribution < -0.4 is 10.6 Å². The molecule has 1 unspecified atom stereocenters. The Morgan fingerprint density at radius 1 is 1.35 bits per heavy atom. The predicted octanol–water partition coefficient (Wildman–Crippen LogP) is 1.81. The van der Waals surface area contributed by atoms with E-state index >= 15 is 0 Å². The zero-order valence-electron chi connectivity index (χ0n) is 12.4. The van der Waals surface area contributed by atoms with Crippen LogP contribution in [0.2, 0.25) is 0 Å². The van der Waals surface area contributed by atoms with Gasteiger partial charge in [-0.15, -0.1) is 11.3 Å². The third kappa shape index (κ3) is 4.48. The third-order valence-electron chi connectivity index (χ3n) is 2.59. The maximum atomic E-state index is 11.8. The summed E-state index contributed by atoms with van der Waals surface area (Å²) in [6, 6.07) is -0.412. The van der Waals surface area contributed by atoms with Gasteiger partial charge in [-0.2, -0.15) is 0 Å². The molecule has 0 spiro atoms. The number of amides is 1. The molecule has 7 heteroatoms. The molecule has 1 heterocycles. The van der Waals surface area contributed by atoms with Gasteiger partial charge in [0.05, 0.1) is 7.11 Å². The molecule has 20 heavy (non-hydrogen) atoms. The zero-order valence-corrected chi connectivity index (χ0v) is 13.3. The van der Waals surface area contributed by atoms with E-state index in [2.05, 4.69) is 20.4 Å². The second-order valence-corrected chi connectivity index (χ2v) is 6.12. The van der Waals surface area contributed by atoms with Crippen LogP contribution in [0.1, 0.15) is 36.1 Å². The second-order valence-electron chi connectivity index (χ2n) is 4.92. The Morgan fingerprint density at radius 2 is 2.00 bits per heavy atom. The Bertz CT molecular complexity index is 485. The molecule has 112 valence electrons. The van der Waals surface area contributed by atoms with E-state index in [-0.39, 0.29) is 11.6 Å². The Labute approximate surface area is 122 Å². The predicted molar refractivity (Wildman–Crippen MR) is 79.1 cm³/mol. The number of rotatable bonds is 6. The van der Waals surface area contributed by atoms with Crippen molar-refractivity contribution in [1.82, 2.24) is 10.3 Å². The first kappa shape index (κ1) is 16.4. The van der Waals surface area contributed by atoms with Gasteiger partial charge in [-0.1, -0.05) is 13.8 Å². The van der Waals surface area contributed by atoms with Gasteiger partial charge >= 0.3 is 5.97 Å². The lowest BCUT2D eigenvalue weighted by Crippen LogP contribution is -2.39. The molecule has 0 aliphatic rings. The number of ether oxygens (including phenoxy) is 1. The smallest absolute Gasteiger partial charge is 0.357 e. The summed E-state index contributed by atoms with van der Waals surface area (Å²) in [4.78, 5) is 28.2. The number of hydrogen-bond acceptors (Lipinski definition) is 6. The van der Waals surface area contributed by atoms with E-state index in [0.29, 0.717) is 17.6 Å². The Balaban J connectivity index is 2.64. The van der Waals surface area contributed by atoms with Gasteiger partial charge in [0, 0.05) is 11.4 Å². The summed E-state index contributed by atoms with van der Waals surface area (Å²) in [5.41, 5.74) is 0.287. The monoisotopic (exact) mass is 299 g/mol. The maximum absolute atomic E-state index is 11.8. The summed E-state index contributed by atoms with van der Waals surface area (Å²) in [6.07, 6.45) is 0. The fourth-order valence-corrected chi connectivity index (χ4v) is 2.34. The summed E-state index contributed by atoms with van der Waals surface area (Å²) < 4.78 is 4.65. The van der Waals surface area contributed by atoms with Crippen molar-refractivity contribution in [2.24, 2.45) is 5.92 Å². The normalized spacial score (nSPS) is 12.1. The van der Waals surface area contributed by atoms with Gasteiger partial charge in [0.15, 0.2) is 10.8 Å². The molecule has 2 N–H and O–H groups in total. The highest BCUT2D eigenvalue weighted by atomic mass is 32.1. The first-order valence-electron chi connectivity index (χ1n) is 6.45. The largest absolute Gasteiger partial charge is 0.464 e. The minimum atomic E-state index is -0.469. The lowest BCUT2D eigenvalue weighted by atomic mass is 10.2. The van der Waals surface area contributed by atoms with Crippen molar-refractivity contribution in [2.45, 2.75) is 33.7 Å². The SMILES string of the molecule is COC(=O)c1nc(NC(C)C(=O)NCC(C)C)sc1C. The van der Waals surface area contributed by atoms with Crippen LogP contribution in [0.25, 0.3) is 0 Å². The number of methoxy groups -OCH3 is 1. The molecule has 0 saturated carbocycles. The lowest BCUT2D eigenvalue weighted by Gasteiger charge is -2.14. The van der Waals surface area contributed by atoms with Crippen molar-refractivity contribution >= 4 is 28.3 Å². The highest BCUT2D eigenvalue weighted by Crippen LogP contribution is 2.23. The Morgan fingerprint density at radius 3 is 2.55 bits per heavy atom. The lowest BCUT2D eigenvalue weighted by molar-refractivity contribution is -0.121. The molecule has 1 aromatic rings. The number of nitrogens with zero attached hydrogens (tertiary/aromatic N) is 1. The summed E-state index contributed by atoms with van der Waals surface area (Å²) in [6.45, 7) is 8.24. The molecule has 0 saturated heterocycles. The zero-order chi connectivity index (χ0) is 15.3. The number of thiazole rings is 1. The number of carbonyl (C=O) groups excluding carboxylic acids is 2. The number of aromatic nitrogens is 1. The molecule has 1 rings (SSSR count). The molecule has 0 radical (unpaired) electrons.